The van der Waals surface area contributed by atoms with Crippen LogP contribution in [0.2, 0.25) is 0 Å². The average molecular weight is 205 g/mol. The minimum atomic E-state index is -0.176. The Labute approximate surface area is 89.1 Å². The highest BCUT2D eigenvalue weighted by Crippen LogP contribution is 2.27. The van der Waals surface area contributed by atoms with Crippen LogP contribution in [0.5, 0.6) is 5.75 Å². The van der Waals surface area contributed by atoms with Crippen LogP contribution in [0.3, 0.4) is 0 Å². The van der Waals surface area contributed by atoms with Gasteiger partial charge in [-0.2, -0.15) is 0 Å². The number of nitrogens with one attached hydrogen (secondary N) is 1. The van der Waals surface area contributed by atoms with Crippen molar-refractivity contribution < 1.29 is 9.90 Å². The summed E-state index contributed by atoms with van der Waals surface area (Å²) in [6.45, 7) is 2.17. The molecule has 2 rings (SSSR count). The van der Waals surface area contributed by atoms with E-state index in [0.29, 0.717) is 11.5 Å². The molecule has 0 unspecified atom stereocenters. The van der Waals surface area contributed by atoms with Crippen molar-refractivity contribution >= 4 is 5.91 Å². The molecule has 0 atom stereocenters. The van der Waals surface area contributed by atoms with Crippen molar-refractivity contribution in [3.63, 3.8) is 0 Å². The average Bonchev–Trinajstić information content (AvgIpc) is 2.16. The standard InChI is InChI=1S/C12H15NO2/c1-8-6-9(7-8)13-12(15)10-4-2-3-5-11(10)14/h2-5,8-9,14H,6-7H2,1H3,(H,13,15). The van der Waals surface area contributed by atoms with E-state index in [1.54, 1.807) is 18.2 Å². The maximum atomic E-state index is 11.7. The summed E-state index contributed by atoms with van der Waals surface area (Å²) >= 11 is 0. The molecule has 1 saturated carbocycles. The van der Waals surface area contributed by atoms with E-state index >= 15 is 0 Å². The largest absolute Gasteiger partial charge is 0.507 e. The Kier molecular flexibility index (Phi) is 2.62. The molecule has 80 valence electrons. The van der Waals surface area contributed by atoms with Crippen molar-refractivity contribution in [1.29, 1.82) is 0 Å². The highest BCUT2D eigenvalue weighted by Gasteiger charge is 2.27. The van der Waals surface area contributed by atoms with Gasteiger partial charge in [0.05, 0.1) is 5.56 Å². The number of rotatable bonds is 2. The fourth-order valence-corrected chi connectivity index (χ4v) is 1.95. The van der Waals surface area contributed by atoms with Crippen LogP contribution in [0.15, 0.2) is 24.3 Å². The van der Waals surface area contributed by atoms with E-state index in [0.717, 1.165) is 12.8 Å². The summed E-state index contributed by atoms with van der Waals surface area (Å²) in [6.07, 6.45) is 2.08. The normalized spacial score (nSPS) is 24.3. The molecule has 1 aliphatic rings. The van der Waals surface area contributed by atoms with Crippen molar-refractivity contribution in [2.75, 3.05) is 0 Å². The van der Waals surface area contributed by atoms with Crippen LogP contribution in [0.1, 0.15) is 30.1 Å². The summed E-state index contributed by atoms with van der Waals surface area (Å²) in [5.41, 5.74) is 0.358. The number of hydrogen-bond donors (Lipinski definition) is 2. The third-order valence-electron chi connectivity index (χ3n) is 2.86. The fraction of sp³-hybridized carbons (Fsp3) is 0.417. The highest BCUT2D eigenvalue weighted by molar-refractivity contribution is 5.96. The molecule has 2 N–H and O–H groups in total. The van der Waals surface area contributed by atoms with Crippen molar-refractivity contribution in [3.8, 4) is 5.75 Å². The minimum absolute atomic E-state index is 0.0439. The van der Waals surface area contributed by atoms with Crippen molar-refractivity contribution in [2.24, 2.45) is 5.92 Å². The van der Waals surface area contributed by atoms with Crippen LogP contribution in [-0.2, 0) is 0 Å². The van der Waals surface area contributed by atoms with E-state index in [1.165, 1.54) is 6.07 Å². The number of carbonyl (C=O) groups is 1. The zero-order chi connectivity index (χ0) is 10.8. The maximum Gasteiger partial charge on any atom is 0.255 e. The van der Waals surface area contributed by atoms with Gasteiger partial charge in [-0.05, 0) is 30.9 Å². The van der Waals surface area contributed by atoms with E-state index < -0.39 is 0 Å². The number of amides is 1. The van der Waals surface area contributed by atoms with Crippen LogP contribution in [0.25, 0.3) is 0 Å². The Morgan fingerprint density at radius 1 is 1.40 bits per heavy atom. The van der Waals surface area contributed by atoms with E-state index in [1.807, 2.05) is 0 Å². The second-order valence-corrected chi connectivity index (χ2v) is 4.26. The zero-order valence-corrected chi connectivity index (χ0v) is 8.73. The van der Waals surface area contributed by atoms with E-state index in [4.69, 9.17) is 0 Å². The summed E-state index contributed by atoms with van der Waals surface area (Å²) in [5, 5.41) is 12.4. The summed E-state index contributed by atoms with van der Waals surface area (Å²) in [6, 6.07) is 6.90. The molecule has 0 spiro atoms. The van der Waals surface area contributed by atoms with Crippen LogP contribution in [-0.4, -0.2) is 17.1 Å². The second kappa shape index (κ2) is 3.93. The summed E-state index contributed by atoms with van der Waals surface area (Å²) in [7, 11) is 0. The molecule has 1 aliphatic carbocycles. The van der Waals surface area contributed by atoms with Gasteiger partial charge in [0.25, 0.3) is 5.91 Å². The predicted octanol–water partition coefficient (Wildman–Crippen LogP) is 1.92. The Morgan fingerprint density at radius 2 is 2.07 bits per heavy atom. The molecule has 0 bridgehead atoms. The number of aromatic hydroxyl groups is 1. The molecule has 1 aromatic carbocycles. The smallest absolute Gasteiger partial charge is 0.255 e. The van der Waals surface area contributed by atoms with Gasteiger partial charge in [-0.3, -0.25) is 4.79 Å². The summed E-state index contributed by atoms with van der Waals surface area (Å²) in [4.78, 5) is 11.7. The first-order chi connectivity index (χ1) is 7.16. The molecule has 1 aromatic rings. The van der Waals surface area contributed by atoms with Gasteiger partial charge in [-0.1, -0.05) is 19.1 Å². The Morgan fingerprint density at radius 3 is 2.67 bits per heavy atom. The van der Waals surface area contributed by atoms with Gasteiger partial charge in [0.15, 0.2) is 0 Å². The minimum Gasteiger partial charge on any atom is -0.507 e. The van der Waals surface area contributed by atoms with Gasteiger partial charge >= 0.3 is 0 Å². The topological polar surface area (TPSA) is 49.3 Å². The summed E-state index contributed by atoms with van der Waals surface area (Å²) < 4.78 is 0. The third kappa shape index (κ3) is 2.12. The predicted molar refractivity (Wildman–Crippen MR) is 57.8 cm³/mol. The lowest BCUT2D eigenvalue weighted by molar-refractivity contribution is 0.0893. The van der Waals surface area contributed by atoms with Crippen molar-refractivity contribution in [3.05, 3.63) is 29.8 Å². The molecule has 0 radical (unpaired) electrons. The van der Waals surface area contributed by atoms with E-state index in [-0.39, 0.29) is 17.7 Å². The van der Waals surface area contributed by atoms with Crippen LogP contribution < -0.4 is 5.32 Å². The number of benzene rings is 1. The SMILES string of the molecule is CC1CC(NC(=O)c2ccccc2O)C1. The number of hydrogen-bond acceptors (Lipinski definition) is 2. The molecule has 1 amide bonds. The maximum absolute atomic E-state index is 11.7. The van der Waals surface area contributed by atoms with Crippen LogP contribution >= 0.6 is 0 Å². The van der Waals surface area contributed by atoms with E-state index in [9.17, 15) is 9.90 Å². The van der Waals surface area contributed by atoms with Gasteiger partial charge in [-0.15, -0.1) is 0 Å². The molecule has 0 saturated heterocycles. The molecule has 15 heavy (non-hydrogen) atoms. The van der Waals surface area contributed by atoms with Gasteiger partial charge < -0.3 is 10.4 Å². The monoisotopic (exact) mass is 205 g/mol. The van der Waals surface area contributed by atoms with E-state index in [2.05, 4.69) is 12.2 Å². The lowest BCUT2D eigenvalue weighted by Crippen LogP contribution is -2.43. The zero-order valence-electron chi connectivity index (χ0n) is 8.73. The lowest BCUT2D eigenvalue weighted by Gasteiger charge is -2.33. The molecule has 3 heteroatoms. The number of phenols is 1. The number of carbonyl (C=O) groups excluding carboxylic acids is 1. The Balaban J connectivity index is 1.99. The van der Waals surface area contributed by atoms with Crippen LogP contribution in [0, 0.1) is 5.92 Å². The second-order valence-electron chi connectivity index (χ2n) is 4.26. The van der Waals surface area contributed by atoms with Crippen LogP contribution in [0.4, 0.5) is 0 Å². The highest BCUT2D eigenvalue weighted by atomic mass is 16.3. The Bertz CT molecular complexity index is 370. The third-order valence-corrected chi connectivity index (χ3v) is 2.86. The summed E-state index contributed by atoms with van der Waals surface area (Å²) in [5.74, 6) is 0.576. The molecule has 0 aromatic heterocycles. The first-order valence-electron chi connectivity index (χ1n) is 5.25. The van der Waals surface area contributed by atoms with Crippen molar-refractivity contribution in [1.82, 2.24) is 5.32 Å². The lowest BCUT2D eigenvalue weighted by atomic mass is 9.82. The molecule has 1 fully saturated rings. The molecule has 0 aliphatic heterocycles. The van der Waals surface area contributed by atoms with Gasteiger partial charge in [-0.25, -0.2) is 0 Å². The molecule has 3 nitrogen and oxygen atoms in total. The molecular formula is C12H15NO2. The number of phenolic OH excluding ortho intramolecular Hbond substituents is 1. The fourth-order valence-electron chi connectivity index (χ4n) is 1.95. The molecular weight excluding hydrogens is 190 g/mol. The Hall–Kier alpha value is -1.51. The van der Waals surface area contributed by atoms with Crippen molar-refractivity contribution in [2.45, 2.75) is 25.8 Å². The van der Waals surface area contributed by atoms with Gasteiger partial charge in [0.2, 0.25) is 0 Å². The quantitative estimate of drug-likeness (QED) is 0.775. The van der Waals surface area contributed by atoms with Gasteiger partial charge in [0, 0.05) is 6.04 Å². The first-order valence-corrected chi connectivity index (χ1v) is 5.25. The number of para-hydroxylation sites is 1. The van der Waals surface area contributed by atoms with Gasteiger partial charge in [0.1, 0.15) is 5.75 Å². The molecule has 0 heterocycles. The first kappa shape index (κ1) is 10.0.